The summed E-state index contributed by atoms with van der Waals surface area (Å²) in [5, 5.41) is 21.5. The van der Waals surface area contributed by atoms with E-state index in [4.69, 9.17) is 10.9 Å². The number of pyridine rings is 1. The van der Waals surface area contributed by atoms with Crippen LogP contribution in [0.2, 0.25) is 0 Å². The van der Waals surface area contributed by atoms with Crippen molar-refractivity contribution in [3.63, 3.8) is 0 Å². The zero-order chi connectivity index (χ0) is 17.4. The summed E-state index contributed by atoms with van der Waals surface area (Å²) in [5.41, 5.74) is 8.94. The third-order valence-electron chi connectivity index (χ3n) is 3.95. The molecule has 9 heteroatoms. The molecule has 5 N–H and O–H groups in total. The van der Waals surface area contributed by atoms with Crippen LogP contribution >= 0.6 is 0 Å². The van der Waals surface area contributed by atoms with Crippen LogP contribution < -0.4 is 10.9 Å². The van der Waals surface area contributed by atoms with E-state index in [0.717, 1.165) is 21.9 Å². The molecule has 25 heavy (non-hydrogen) atoms. The molecular weight excluding hydrogens is 338 g/mol. The fraction of sp³-hybridized carbons (Fsp3) is 0. The van der Waals surface area contributed by atoms with Crippen LogP contribution in [-0.2, 0) is 11.0 Å². The first kappa shape index (κ1) is 15.4. The van der Waals surface area contributed by atoms with Crippen LogP contribution in [0.4, 0.5) is 5.69 Å². The van der Waals surface area contributed by atoms with E-state index in [1.165, 1.54) is 0 Å². The molecule has 0 amide bonds. The number of hydrogen-bond acceptors (Lipinski definition) is 6. The van der Waals surface area contributed by atoms with E-state index in [1.54, 1.807) is 24.5 Å². The summed E-state index contributed by atoms with van der Waals surface area (Å²) in [5.74, 6) is 0.323. The predicted octanol–water partition coefficient (Wildman–Crippen LogP) is 1.65. The van der Waals surface area contributed by atoms with Crippen LogP contribution in [0.3, 0.4) is 0 Å². The Kier molecular flexibility index (Phi) is 3.71. The zero-order valence-electron chi connectivity index (χ0n) is 12.9. The van der Waals surface area contributed by atoms with Crippen LogP contribution in [0.1, 0.15) is 0 Å². The number of nitrogens with one attached hydrogen (secondary N) is 1. The van der Waals surface area contributed by atoms with E-state index >= 15 is 0 Å². The Hall–Kier alpha value is -3.17. The van der Waals surface area contributed by atoms with Crippen LogP contribution in [-0.4, -0.2) is 29.8 Å². The highest BCUT2D eigenvalue weighted by Crippen LogP contribution is 2.38. The van der Waals surface area contributed by atoms with Crippen molar-refractivity contribution < 1.29 is 4.21 Å². The van der Waals surface area contributed by atoms with Gasteiger partial charge in [0.2, 0.25) is 5.82 Å². The molecule has 0 radical (unpaired) electrons. The van der Waals surface area contributed by atoms with E-state index in [-0.39, 0.29) is 0 Å². The highest BCUT2D eigenvalue weighted by Gasteiger charge is 2.20. The summed E-state index contributed by atoms with van der Waals surface area (Å²) < 4.78 is 12.0. The van der Waals surface area contributed by atoms with Gasteiger partial charge in [-0.15, -0.1) is 10.2 Å². The van der Waals surface area contributed by atoms with Gasteiger partial charge in [0.05, 0.1) is 4.90 Å². The summed E-state index contributed by atoms with van der Waals surface area (Å²) in [6.07, 6.45) is 3.41. The van der Waals surface area contributed by atoms with Gasteiger partial charge < -0.3 is 5.73 Å². The minimum absolute atomic E-state index is 0.323. The first-order chi connectivity index (χ1) is 12.2. The monoisotopic (exact) mass is 351 g/mol. The maximum absolute atomic E-state index is 12.0. The molecular formula is C16H13N7OS. The number of H-pyrrole nitrogens is 1. The number of nitrogens with two attached hydrogens (primary N) is 2. The molecule has 4 aromatic rings. The van der Waals surface area contributed by atoms with Crippen molar-refractivity contribution in [2.45, 2.75) is 4.90 Å². The van der Waals surface area contributed by atoms with Gasteiger partial charge in [-0.1, -0.05) is 18.2 Å². The molecule has 0 aliphatic rings. The second kappa shape index (κ2) is 6.04. The maximum atomic E-state index is 12.0. The lowest BCUT2D eigenvalue weighted by Crippen LogP contribution is -2.06. The van der Waals surface area contributed by atoms with Crippen LogP contribution in [0.15, 0.2) is 53.7 Å². The van der Waals surface area contributed by atoms with Crippen LogP contribution in [0.25, 0.3) is 33.3 Å². The van der Waals surface area contributed by atoms with Crippen molar-refractivity contribution in [1.29, 1.82) is 0 Å². The van der Waals surface area contributed by atoms with Crippen LogP contribution in [0.5, 0.6) is 0 Å². The highest BCUT2D eigenvalue weighted by atomic mass is 32.2. The Morgan fingerprint density at radius 2 is 1.92 bits per heavy atom. The molecule has 0 saturated carbocycles. The van der Waals surface area contributed by atoms with E-state index in [0.29, 0.717) is 22.0 Å². The molecule has 2 heterocycles. The van der Waals surface area contributed by atoms with Gasteiger partial charge in [0.1, 0.15) is 11.0 Å². The van der Waals surface area contributed by atoms with Gasteiger partial charge in [-0.05, 0) is 39.9 Å². The maximum Gasteiger partial charge on any atom is 0.206 e. The standard InChI is InChI=1S/C16H13N7OS/c17-13-5-4-9(10-6-7-19-8-12(10)13)11-2-1-3-14(25(18)24)15(11)16-20-22-23-21-16/h1-8H,17-18H2,(H,20,21,22,23). The number of benzene rings is 2. The Morgan fingerprint density at radius 3 is 2.68 bits per heavy atom. The largest absolute Gasteiger partial charge is 0.398 e. The van der Waals surface area contributed by atoms with Gasteiger partial charge in [0.25, 0.3) is 0 Å². The van der Waals surface area contributed by atoms with E-state index in [9.17, 15) is 4.21 Å². The SMILES string of the molecule is Nc1ccc(-c2cccc(S(N)=O)c2-c2nn[nH]n2)c2ccncc12. The quantitative estimate of drug-likeness (QED) is 0.480. The van der Waals surface area contributed by atoms with Gasteiger partial charge >= 0.3 is 0 Å². The minimum atomic E-state index is -1.71. The molecule has 0 bridgehead atoms. The summed E-state index contributed by atoms with van der Waals surface area (Å²) in [7, 11) is -1.71. The Labute approximate surface area is 144 Å². The minimum Gasteiger partial charge on any atom is -0.398 e. The van der Waals surface area contributed by atoms with Crippen molar-refractivity contribution in [3.8, 4) is 22.5 Å². The van der Waals surface area contributed by atoms with Gasteiger partial charge in [-0.3, -0.25) is 4.98 Å². The van der Waals surface area contributed by atoms with Gasteiger partial charge in [0.15, 0.2) is 0 Å². The molecule has 1 atom stereocenters. The van der Waals surface area contributed by atoms with Crippen molar-refractivity contribution in [2.75, 3.05) is 5.73 Å². The Morgan fingerprint density at radius 1 is 1.04 bits per heavy atom. The molecule has 4 rings (SSSR count). The normalized spacial score (nSPS) is 12.4. The summed E-state index contributed by atoms with van der Waals surface area (Å²) in [6.45, 7) is 0. The fourth-order valence-electron chi connectivity index (χ4n) is 2.87. The van der Waals surface area contributed by atoms with Gasteiger partial charge in [0, 0.05) is 29.0 Å². The molecule has 0 saturated heterocycles. The second-order valence-electron chi connectivity index (χ2n) is 5.34. The molecule has 8 nitrogen and oxygen atoms in total. The third kappa shape index (κ3) is 2.55. The average molecular weight is 351 g/mol. The number of nitrogens with zero attached hydrogens (tertiary/aromatic N) is 4. The molecule has 0 aliphatic heterocycles. The lowest BCUT2D eigenvalue weighted by atomic mass is 9.94. The number of aromatic nitrogens is 5. The van der Waals surface area contributed by atoms with E-state index in [2.05, 4.69) is 25.6 Å². The number of anilines is 1. The Bertz CT molecular complexity index is 1100. The lowest BCUT2D eigenvalue weighted by Gasteiger charge is -2.13. The molecule has 0 spiro atoms. The fourth-order valence-corrected chi connectivity index (χ4v) is 3.48. The van der Waals surface area contributed by atoms with Crippen molar-refractivity contribution >= 4 is 27.4 Å². The average Bonchev–Trinajstić information content (AvgIpc) is 3.16. The summed E-state index contributed by atoms with van der Waals surface area (Å²) in [6, 6.07) is 11.0. The molecule has 2 aromatic heterocycles. The number of nitrogen functional groups attached to an aromatic ring is 1. The molecule has 1 unspecified atom stereocenters. The second-order valence-corrected chi connectivity index (χ2v) is 6.37. The predicted molar refractivity (Wildman–Crippen MR) is 95.4 cm³/mol. The smallest absolute Gasteiger partial charge is 0.206 e. The molecule has 0 aliphatic carbocycles. The van der Waals surface area contributed by atoms with E-state index < -0.39 is 11.0 Å². The zero-order valence-corrected chi connectivity index (χ0v) is 13.7. The number of tetrazole rings is 1. The van der Waals surface area contributed by atoms with Gasteiger partial charge in [-0.2, -0.15) is 5.21 Å². The first-order valence-electron chi connectivity index (χ1n) is 7.32. The van der Waals surface area contributed by atoms with Crippen molar-refractivity contribution in [1.82, 2.24) is 25.6 Å². The molecule has 0 fully saturated rings. The lowest BCUT2D eigenvalue weighted by molar-refractivity contribution is 0.684. The number of hydrogen-bond donors (Lipinski definition) is 3. The van der Waals surface area contributed by atoms with E-state index in [1.807, 2.05) is 24.3 Å². The number of fused-ring (bicyclic) bond motifs is 1. The molecule has 124 valence electrons. The van der Waals surface area contributed by atoms with Crippen molar-refractivity contribution in [3.05, 3.63) is 48.8 Å². The molecule has 2 aromatic carbocycles. The first-order valence-corrected chi connectivity index (χ1v) is 8.53. The number of rotatable bonds is 3. The van der Waals surface area contributed by atoms with Crippen molar-refractivity contribution in [2.24, 2.45) is 5.14 Å². The summed E-state index contributed by atoms with van der Waals surface area (Å²) in [4.78, 5) is 4.57. The third-order valence-corrected chi connectivity index (χ3v) is 4.73. The highest BCUT2D eigenvalue weighted by molar-refractivity contribution is 7.82. The number of aromatic amines is 1. The van der Waals surface area contributed by atoms with Crippen LogP contribution in [0, 0.1) is 0 Å². The summed E-state index contributed by atoms with van der Waals surface area (Å²) >= 11 is 0. The Balaban J connectivity index is 2.10. The van der Waals surface area contributed by atoms with Gasteiger partial charge in [-0.25, -0.2) is 9.35 Å². The topological polar surface area (TPSA) is 136 Å².